The summed E-state index contributed by atoms with van der Waals surface area (Å²) in [5.41, 5.74) is 3.77. The zero-order chi connectivity index (χ0) is 13.1. The average Bonchev–Trinajstić information content (AvgIpc) is 2.77. The zero-order valence-electron chi connectivity index (χ0n) is 10.3. The lowest BCUT2D eigenvalue weighted by Crippen LogP contribution is -2.44. The number of rotatable bonds is 4. The van der Waals surface area contributed by atoms with Crippen LogP contribution in [-0.4, -0.2) is 18.8 Å². The molecule has 0 radical (unpaired) electrons. The van der Waals surface area contributed by atoms with Crippen molar-refractivity contribution in [2.24, 2.45) is 11.8 Å². The number of nitrogens with one attached hydrogen (secondary N) is 1. The second-order valence-electron chi connectivity index (χ2n) is 4.74. The normalized spacial score (nSPS) is 25.3. The quantitative estimate of drug-likeness (QED) is 0.662. The Balaban J connectivity index is 2.12. The van der Waals surface area contributed by atoms with E-state index in [2.05, 4.69) is 28.3 Å². The lowest BCUT2D eigenvalue weighted by atomic mass is 9.89. The molecule has 3 unspecified atom stereocenters. The van der Waals surface area contributed by atoms with Crippen LogP contribution >= 0.6 is 15.9 Å². The zero-order valence-corrected chi connectivity index (χ0v) is 11.9. The van der Waals surface area contributed by atoms with Crippen molar-refractivity contribution in [1.82, 2.24) is 5.43 Å². The van der Waals surface area contributed by atoms with E-state index in [4.69, 9.17) is 10.6 Å². The molecule has 1 aliphatic rings. The van der Waals surface area contributed by atoms with Gasteiger partial charge in [-0.05, 0) is 43.5 Å². The lowest BCUT2D eigenvalue weighted by molar-refractivity contribution is 0.0954. The van der Waals surface area contributed by atoms with Crippen LogP contribution in [-0.2, 0) is 11.2 Å². The van der Waals surface area contributed by atoms with Crippen molar-refractivity contribution in [3.8, 4) is 0 Å². The molecule has 0 aromatic heterocycles. The highest BCUT2D eigenvalue weighted by Gasteiger charge is 2.31. The number of nitrogens with two attached hydrogens (primary N) is 1. The van der Waals surface area contributed by atoms with Gasteiger partial charge in [0.2, 0.25) is 0 Å². The number of hydrazine groups is 1. The molecule has 3 N–H and O–H groups in total. The van der Waals surface area contributed by atoms with Crippen LogP contribution in [0, 0.1) is 11.7 Å². The molecule has 1 heterocycles. The first-order valence-electron chi connectivity index (χ1n) is 6.13. The van der Waals surface area contributed by atoms with E-state index in [9.17, 15) is 4.39 Å². The molecule has 0 amide bonds. The summed E-state index contributed by atoms with van der Waals surface area (Å²) in [6.07, 6.45) is 1.87. The minimum absolute atomic E-state index is 0.0978. The van der Waals surface area contributed by atoms with Crippen LogP contribution < -0.4 is 11.3 Å². The molecular formula is C13H18BrFN2O. The first kappa shape index (κ1) is 13.9. The molecule has 0 bridgehead atoms. The molecule has 1 saturated heterocycles. The van der Waals surface area contributed by atoms with Gasteiger partial charge in [-0.15, -0.1) is 0 Å². The fourth-order valence-corrected chi connectivity index (χ4v) is 2.96. The van der Waals surface area contributed by atoms with Gasteiger partial charge in [0.15, 0.2) is 0 Å². The van der Waals surface area contributed by atoms with Gasteiger partial charge < -0.3 is 4.74 Å². The third-order valence-corrected chi connectivity index (χ3v) is 4.39. The van der Waals surface area contributed by atoms with E-state index >= 15 is 0 Å². The van der Waals surface area contributed by atoms with Gasteiger partial charge >= 0.3 is 0 Å². The van der Waals surface area contributed by atoms with Crippen molar-refractivity contribution < 1.29 is 9.13 Å². The monoisotopic (exact) mass is 316 g/mol. The highest BCUT2D eigenvalue weighted by Crippen LogP contribution is 2.27. The van der Waals surface area contributed by atoms with E-state index in [0.29, 0.717) is 12.3 Å². The Morgan fingerprint density at radius 3 is 3.00 bits per heavy atom. The molecule has 2 rings (SSSR count). The van der Waals surface area contributed by atoms with Crippen LogP contribution in [0.1, 0.15) is 18.9 Å². The van der Waals surface area contributed by atoms with Crippen LogP contribution in [0.3, 0.4) is 0 Å². The topological polar surface area (TPSA) is 47.3 Å². The minimum atomic E-state index is -0.223. The maximum absolute atomic E-state index is 13.3. The fourth-order valence-electron chi connectivity index (χ4n) is 2.55. The summed E-state index contributed by atoms with van der Waals surface area (Å²) in [5.74, 6) is 5.78. The molecule has 1 fully saturated rings. The summed E-state index contributed by atoms with van der Waals surface area (Å²) in [7, 11) is 0. The van der Waals surface area contributed by atoms with Gasteiger partial charge in [-0.3, -0.25) is 11.3 Å². The number of halogens is 2. The summed E-state index contributed by atoms with van der Waals surface area (Å²) >= 11 is 3.45. The van der Waals surface area contributed by atoms with Crippen molar-refractivity contribution in [2.45, 2.75) is 31.9 Å². The summed E-state index contributed by atoms with van der Waals surface area (Å²) in [6.45, 7) is 2.83. The van der Waals surface area contributed by atoms with E-state index in [1.807, 2.05) is 0 Å². The molecule has 0 saturated carbocycles. The van der Waals surface area contributed by atoms with Crippen LogP contribution in [0.15, 0.2) is 22.7 Å². The third kappa shape index (κ3) is 3.09. The van der Waals surface area contributed by atoms with Crippen molar-refractivity contribution >= 4 is 15.9 Å². The van der Waals surface area contributed by atoms with E-state index in [0.717, 1.165) is 23.1 Å². The molecule has 18 heavy (non-hydrogen) atoms. The Labute approximate surface area is 115 Å². The first-order chi connectivity index (χ1) is 8.61. The number of benzene rings is 1. The van der Waals surface area contributed by atoms with Crippen molar-refractivity contribution in [3.63, 3.8) is 0 Å². The molecule has 3 atom stereocenters. The molecule has 0 aliphatic carbocycles. The summed E-state index contributed by atoms with van der Waals surface area (Å²) in [6, 6.07) is 4.82. The first-order valence-corrected chi connectivity index (χ1v) is 6.92. The van der Waals surface area contributed by atoms with E-state index < -0.39 is 0 Å². The van der Waals surface area contributed by atoms with Crippen LogP contribution in [0.25, 0.3) is 0 Å². The van der Waals surface area contributed by atoms with Gasteiger partial charge in [0.1, 0.15) is 5.82 Å². The third-order valence-electron chi connectivity index (χ3n) is 3.61. The second kappa shape index (κ2) is 6.10. The summed E-state index contributed by atoms with van der Waals surface area (Å²) < 4.78 is 19.7. The van der Waals surface area contributed by atoms with Gasteiger partial charge in [-0.2, -0.15) is 0 Å². The fraction of sp³-hybridized carbons (Fsp3) is 0.538. The van der Waals surface area contributed by atoms with Gasteiger partial charge in [0.05, 0.1) is 6.10 Å². The Hall–Kier alpha value is -0.490. The van der Waals surface area contributed by atoms with E-state index in [1.54, 1.807) is 12.1 Å². The van der Waals surface area contributed by atoms with Gasteiger partial charge in [0, 0.05) is 23.0 Å². The standard InChI is InChI=1S/C13H18BrFN2O/c1-8-11(4-5-18-8)13(17-16)7-9-6-10(15)2-3-12(9)14/h2-3,6,8,11,13,17H,4-5,7,16H2,1H3. The number of hydrogen-bond donors (Lipinski definition) is 2. The number of ether oxygens (including phenoxy) is 1. The predicted molar refractivity (Wildman–Crippen MR) is 72.4 cm³/mol. The van der Waals surface area contributed by atoms with Crippen LogP contribution in [0.4, 0.5) is 4.39 Å². The molecule has 5 heteroatoms. The highest BCUT2D eigenvalue weighted by atomic mass is 79.9. The predicted octanol–water partition coefficient (Wildman–Crippen LogP) is 2.39. The Morgan fingerprint density at radius 2 is 2.39 bits per heavy atom. The summed E-state index contributed by atoms with van der Waals surface area (Å²) in [5, 5.41) is 0. The Bertz CT molecular complexity index is 416. The molecule has 1 aliphatic heterocycles. The Kier molecular flexibility index (Phi) is 4.72. The maximum atomic E-state index is 13.3. The van der Waals surface area contributed by atoms with Crippen molar-refractivity contribution in [2.75, 3.05) is 6.61 Å². The summed E-state index contributed by atoms with van der Waals surface area (Å²) in [4.78, 5) is 0. The smallest absolute Gasteiger partial charge is 0.123 e. The largest absolute Gasteiger partial charge is 0.378 e. The van der Waals surface area contributed by atoms with Crippen LogP contribution in [0.2, 0.25) is 0 Å². The second-order valence-corrected chi connectivity index (χ2v) is 5.60. The SMILES string of the molecule is CC1OCCC1C(Cc1cc(F)ccc1Br)NN. The molecule has 1 aromatic carbocycles. The molecule has 3 nitrogen and oxygen atoms in total. The highest BCUT2D eigenvalue weighted by molar-refractivity contribution is 9.10. The van der Waals surface area contributed by atoms with Gasteiger partial charge in [-0.25, -0.2) is 4.39 Å². The van der Waals surface area contributed by atoms with Crippen LogP contribution in [0.5, 0.6) is 0 Å². The Morgan fingerprint density at radius 1 is 1.61 bits per heavy atom. The molecule has 100 valence electrons. The van der Waals surface area contributed by atoms with Gasteiger partial charge in [0.25, 0.3) is 0 Å². The minimum Gasteiger partial charge on any atom is -0.378 e. The van der Waals surface area contributed by atoms with Crippen molar-refractivity contribution in [1.29, 1.82) is 0 Å². The van der Waals surface area contributed by atoms with E-state index in [-0.39, 0.29) is 18.0 Å². The van der Waals surface area contributed by atoms with Crippen molar-refractivity contribution in [3.05, 3.63) is 34.1 Å². The molecule has 1 aromatic rings. The molecular weight excluding hydrogens is 299 g/mol. The maximum Gasteiger partial charge on any atom is 0.123 e. The van der Waals surface area contributed by atoms with E-state index in [1.165, 1.54) is 6.07 Å². The lowest BCUT2D eigenvalue weighted by Gasteiger charge is -2.25. The molecule has 0 spiro atoms. The average molecular weight is 317 g/mol. The number of hydrogen-bond acceptors (Lipinski definition) is 3. The van der Waals surface area contributed by atoms with Gasteiger partial charge in [-0.1, -0.05) is 15.9 Å².